The fourth-order valence-corrected chi connectivity index (χ4v) is 1.60. The molecule has 0 fully saturated rings. The first-order valence-electron chi connectivity index (χ1n) is 5.58. The van der Waals surface area contributed by atoms with Crippen molar-refractivity contribution in [1.82, 2.24) is 10.2 Å². The first-order chi connectivity index (χ1) is 8.74. The number of aromatic amines is 1. The second kappa shape index (κ2) is 5.15. The van der Waals surface area contributed by atoms with Crippen molar-refractivity contribution in [2.75, 3.05) is 5.32 Å². The fraction of sp³-hybridized carbons (Fsp3) is 0.154. The highest BCUT2D eigenvalue weighted by atomic mass is 16.1. The van der Waals surface area contributed by atoms with Crippen molar-refractivity contribution in [1.29, 1.82) is 5.26 Å². The molecule has 0 saturated heterocycles. The van der Waals surface area contributed by atoms with E-state index in [1.54, 1.807) is 30.5 Å². The molecule has 1 aromatic carbocycles. The topological polar surface area (TPSA) is 81.6 Å². The van der Waals surface area contributed by atoms with Gasteiger partial charge >= 0.3 is 0 Å². The standard InChI is InChI=1S/C13H12N4O/c1-2-10-8-15-17-12(10)16-13(18)11-5-3-4-9(6-11)7-14/h3-6,8H,2H2,1H3,(H2,15,16,17,18). The second-order valence-corrected chi connectivity index (χ2v) is 3.77. The average Bonchev–Trinajstić information content (AvgIpc) is 2.86. The Morgan fingerprint density at radius 3 is 3.11 bits per heavy atom. The molecule has 2 aromatic rings. The van der Waals surface area contributed by atoms with Crippen LogP contribution in [-0.2, 0) is 6.42 Å². The minimum atomic E-state index is -0.258. The Morgan fingerprint density at radius 1 is 1.56 bits per heavy atom. The third kappa shape index (κ3) is 2.38. The molecular formula is C13H12N4O. The van der Waals surface area contributed by atoms with Gasteiger partial charge in [-0.3, -0.25) is 9.89 Å². The molecule has 0 aliphatic rings. The van der Waals surface area contributed by atoms with Crippen molar-refractivity contribution in [3.63, 3.8) is 0 Å². The van der Waals surface area contributed by atoms with Crippen LogP contribution in [-0.4, -0.2) is 16.1 Å². The van der Waals surface area contributed by atoms with E-state index in [0.29, 0.717) is 16.9 Å². The quantitative estimate of drug-likeness (QED) is 0.861. The number of carbonyl (C=O) groups excluding carboxylic acids is 1. The van der Waals surface area contributed by atoms with Gasteiger partial charge in [0, 0.05) is 11.1 Å². The van der Waals surface area contributed by atoms with Gasteiger partial charge in [0.15, 0.2) is 0 Å². The number of amides is 1. The molecule has 2 rings (SSSR count). The number of nitrogens with zero attached hydrogens (tertiary/aromatic N) is 2. The Hall–Kier alpha value is -2.61. The molecule has 0 saturated carbocycles. The molecule has 0 radical (unpaired) electrons. The third-order valence-electron chi connectivity index (χ3n) is 2.59. The number of H-pyrrole nitrogens is 1. The van der Waals surface area contributed by atoms with E-state index >= 15 is 0 Å². The molecule has 5 nitrogen and oxygen atoms in total. The molecule has 0 aliphatic heterocycles. The number of nitrogens with one attached hydrogen (secondary N) is 2. The summed E-state index contributed by atoms with van der Waals surface area (Å²) in [5, 5.41) is 18.1. The summed E-state index contributed by atoms with van der Waals surface area (Å²) >= 11 is 0. The monoisotopic (exact) mass is 240 g/mol. The summed E-state index contributed by atoms with van der Waals surface area (Å²) in [5.74, 6) is 0.343. The van der Waals surface area contributed by atoms with Gasteiger partial charge in [-0.2, -0.15) is 10.4 Å². The first kappa shape index (κ1) is 11.9. The maximum Gasteiger partial charge on any atom is 0.256 e. The number of nitriles is 1. The maximum atomic E-state index is 12.0. The van der Waals surface area contributed by atoms with Gasteiger partial charge in [0.25, 0.3) is 5.91 Å². The van der Waals surface area contributed by atoms with Gasteiger partial charge in [-0.15, -0.1) is 0 Å². The van der Waals surface area contributed by atoms with Crippen LogP contribution < -0.4 is 5.32 Å². The first-order valence-corrected chi connectivity index (χ1v) is 5.58. The van der Waals surface area contributed by atoms with E-state index in [1.807, 2.05) is 13.0 Å². The van der Waals surface area contributed by atoms with Gasteiger partial charge in [-0.05, 0) is 24.6 Å². The lowest BCUT2D eigenvalue weighted by Gasteiger charge is -2.04. The Morgan fingerprint density at radius 2 is 2.39 bits per heavy atom. The zero-order chi connectivity index (χ0) is 13.0. The summed E-state index contributed by atoms with van der Waals surface area (Å²) in [6.45, 7) is 1.98. The van der Waals surface area contributed by atoms with E-state index in [9.17, 15) is 4.79 Å². The molecule has 0 aliphatic carbocycles. The van der Waals surface area contributed by atoms with E-state index in [1.165, 1.54) is 0 Å². The van der Waals surface area contributed by atoms with Crippen molar-refractivity contribution < 1.29 is 4.79 Å². The maximum absolute atomic E-state index is 12.0. The van der Waals surface area contributed by atoms with Crippen LogP contribution in [0.3, 0.4) is 0 Å². The van der Waals surface area contributed by atoms with Gasteiger partial charge in [0.2, 0.25) is 0 Å². The molecule has 0 atom stereocenters. The molecule has 0 unspecified atom stereocenters. The normalized spacial score (nSPS) is 9.78. The molecule has 1 heterocycles. The predicted octanol–water partition coefficient (Wildman–Crippen LogP) is 2.10. The summed E-state index contributed by atoms with van der Waals surface area (Å²) in [6, 6.07) is 8.56. The highest BCUT2D eigenvalue weighted by Crippen LogP contribution is 2.13. The van der Waals surface area contributed by atoms with Crippen LogP contribution in [0, 0.1) is 11.3 Å². The molecule has 0 bridgehead atoms. The highest BCUT2D eigenvalue weighted by Gasteiger charge is 2.10. The van der Waals surface area contributed by atoms with E-state index in [2.05, 4.69) is 15.5 Å². The van der Waals surface area contributed by atoms with Crippen LogP contribution >= 0.6 is 0 Å². The Labute approximate surface area is 104 Å². The smallest absolute Gasteiger partial charge is 0.256 e. The lowest BCUT2D eigenvalue weighted by molar-refractivity contribution is 0.102. The number of aryl methyl sites for hydroxylation is 1. The minimum absolute atomic E-state index is 0.258. The zero-order valence-corrected chi connectivity index (χ0v) is 9.90. The van der Waals surface area contributed by atoms with Crippen LogP contribution in [0.5, 0.6) is 0 Å². The summed E-state index contributed by atoms with van der Waals surface area (Å²) < 4.78 is 0. The van der Waals surface area contributed by atoms with E-state index < -0.39 is 0 Å². The van der Waals surface area contributed by atoms with Crippen molar-refractivity contribution in [3.05, 3.63) is 47.2 Å². The lowest BCUT2D eigenvalue weighted by atomic mass is 10.1. The Kier molecular flexibility index (Phi) is 3.39. The molecule has 18 heavy (non-hydrogen) atoms. The molecular weight excluding hydrogens is 228 g/mol. The minimum Gasteiger partial charge on any atom is -0.307 e. The summed E-state index contributed by atoms with van der Waals surface area (Å²) in [6.07, 6.45) is 2.46. The molecule has 1 aromatic heterocycles. The van der Waals surface area contributed by atoms with Crippen LogP contribution in [0.2, 0.25) is 0 Å². The number of anilines is 1. The van der Waals surface area contributed by atoms with Crippen LogP contribution in [0.1, 0.15) is 28.4 Å². The third-order valence-corrected chi connectivity index (χ3v) is 2.59. The van der Waals surface area contributed by atoms with E-state index in [4.69, 9.17) is 5.26 Å². The van der Waals surface area contributed by atoms with Crippen molar-refractivity contribution in [2.45, 2.75) is 13.3 Å². The molecule has 0 spiro atoms. The average molecular weight is 240 g/mol. The van der Waals surface area contributed by atoms with E-state index in [-0.39, 0.29) is 5.91 Å². The van der Waals surface area contributed by atoms with Gasteiger partial charge in [-0.25, -0.2) is 0 Å². The Bertz CT molecular complexity index is 609. The molecule has 90 valence electrons. The van der Waals surface area contributed by atoms with Crippen LogP contribution in [0.15, 0.2) is 30.5 Å². The van der Waals surface area contributed by atoms with Crippen LogP contribution in [0.25, 0.3) is 0 Å². The van der Waals surface area contributed by atoms with Gasteiger partial charge in [-0.1, -0.05) is 13.0 Å². The summed E-state index contributed by atoms with van der Waals surface area (Å²) in [4.78, 5) is 12.0. The number of benzene rings is 1. The number of aromatic nitrogens is 2. The number of hydrogen-bond donors (Lipinski definition) is 2. The summed E-state index contributed by atoms with van der Waals surface area (Å²) in [5.41, 5.74) is 1.86. The zero-order valence-electron chi connectivity index (χ0n) is 9.90. The highest BCUT2D eigenvalue weighted by molar-refractivity contribution is 6.04. The summed E-state index contributed by atoms with van der Waals surface area (Å²) in [7, 11) is 0. The fourth-order valence-electron chi connectivity index (χ4n) is 1.60. The second-order valence-electron chi connectivity index (χ2n) is 3.77. The number of rotatable bonds is 3. The molecule has 1 amide bonds. The lowest BCUT2D eigenvalue weighted by Crippen LogP contribution is -2.13. The van der Waals surface area contributed by atoms with E-state index in [0.717, 1.165) is 12.0 Å². The molecule has 5 heteroatoms. The molecule has 2 N–H and O–H groups in total. The number of carbonyl (C=O) groups is 1. The van der Waals surface area contributed by atoms with Crippen molar-refractivity contribution in [2.24, 2.45) is 0 Å². The van der Waals surface area contributed by atoms with Crippen LogP contribution in [0.4, 0.5) is 5.82 Å². The van der Waals surface area contributed by atoms with Gasteiger partial charge in [0.1, 0.15) is 5.82 Å². The van der Waals surface area contributed by atoms with Crippen molar-refractivity contribution >= 4 is 11.7 Å². The number of hydrogen-bond acceptors (Lipinski definition) is 3. The van der Waals surface area contributed by atoms with Crippen molar-refractivity contribution in [3.8, 4) is 6.07 Å². The van der Waals surface area contributed by atoms with Gasteiger partial charge < -0.3 is 5.32 Å². The van der Waals surface area contributed by atoms with Gasteiger partial charge in [0.05, 0.1) is 17.8 Å². The largest absolute Gasteiger partial charge is 0.307 e. The SMILES string of the molecule is CCc1cn[nH]c1NC(=O)c1cccc(C#N)c1. The Balaban J connectivity index is 2.20. The predicted molar refractivity (Wildman–Crippen MR) is 67.1 cm³/mol.